The van der Waals surface area contributed by atoms with E-state index in [1.807, 2.05) is 0 Å². The molecule has 0 N–H and O–H groups in total. The molecule has 1 rings (SSSR count). The quantitative estimate of drug-likeness (QED) is 0.494. The van der Waals surface area contributed by atoms with Crippen LogP contribution in [0, 0.1) is 5.92 Å². The molecular weight excluding hydrogens is 196 g/mol. The number of hydrogen-bond donors (Lipinski definition) is 0. The lowest BCUT2D eigenvalue weighted by atomic mass is 9.74. The second-order valence-corrected chi connectivity index (χ2v) is 3.81. The van der Waals surface area contributed by atoms with Crippen LogP contribution in [0.3, 0.4) is 0 Å². The summed E-state index contributed by atoms with van der Waals surface area (Å²) in [7, 11) is 2.59. The maximum atomic E-state index is 11.1. The van der Waals surface area contributed by atoms with Crippen molar-refractivity contribution in [3.63, 3.8) is 0 Å². The number of esters is 2. The van der Waals surface area contributed by atoms with Gasteiger partial charge >= 0.3 is 11.9 Å². The van der Waals surface area contributed by atoms with Gasteiger partial charge in [0.2, 0.25) is 0 Å². The third-order valence-electron chi connectivity index (χ3n) is 2.23. The van der Waals surface area contributed by atoms with E-state index < -0.39 is 10.8 Å². The standard InChI is InChI=1S/C8H11ClO4/c1-12-6(10)5-3-8(9,4-5)7(11)13-2/h5H,3-4H2,1-2H3. The van der Waals surface area contributed by atoms with Crippen LogP contribution < -0.4 is 0 Å². The highest BCUT2D eigenvalue weighted by Gasteiger charge is 2.53. The van der Waals surface area contributed by atoms with Gasteiger partial charge in [0.25, 0.3) is 0 Å². The molecule has 0 aromatic rings. The van der Waals surface area contributed by atoms with Gasteiger partial charge in [0.05, 0.1) is 20.1 Å². The van der Waals surface area contributed by atoms with Crippen molar-refractivity contribution in [3.05, 3.63) is 0 Å². The third-order valence-corrected chi connectivity index (χ3v) is 2.69. The predicted molar refractivity (Wildman–Crippen MR) is 45.3 cm³/mol. The van der Waals surface area contributed by atoms with Crippen LogP contribution in [0.25, 0.3) is 0 Å². The predicted octanol–water partition coefficient (Wildman–Crippen LogP) is 0.720. The van der Waals surface area contributed by atoms with Crippen LogP contribution in [0.5, 0.6) is 0 Å². The van der Waals surface area contributed by atoms with Crippen molar-refractivity contribution in [1.29, 1.82) is 0 Å². The zero-order valence-electron chi connectivity index (χ0n) is 7.50. The van der Waals surface area contributed by atoms with Crippen molar-refractivity contribution < 1.29 is 19.1 Å². The molecule has 0 radical (unpaired) electrons. The Labute approximate surface area is 81.1 Å². The summed E-state index contributed by atoms with van der Waals surface area (Å²) in [4.78, 5) is 21.0. The Bertz CT molecular complexity index is 232. The molecule has 5 heteroatoms. The molecule has 0 unspecified atom stereocenters. The van der Waals surface area contributed by atoms with E-state index in [2.05, 4.69) is 9.47 Å². The summed E-state index contributed by atoms with van der Waals surface area (Å²) in [5, 5.41) is 0. The molecular formula is C8H11ClO4. The van der Waals surface area contributed by atoms with Crippen LogP contribution >= 0.6 is 11.6 Å². The van der Waals surface area contributed by atoms with Crippen molar-refractivity contribution in [3.8, 4) is 0 Å². The lowest BCUT2D eigenvalue weighted by molar-refractivity contribution is -0.156. The molecule has 4 nitrogen and oxygen atoms in total. The average Bonchev–Trinajstić information content (AvgIpc) is 2.10. The lowest BCUT2D eigenvalue weighted by Gasteiger charge is -2.38. The first-order chi connectivity index (χ1) is 6.03. The molecule has 0 aromatic heterocycles. The van der Waals surface area contributed by atoms with Gasteiger partial charge in [0, 0.05) is 0 Å². The summed E-state index contributed by atoms with van der Waals surface area (Å²) in [5.41, 5.74) is 0. The molecule has 0 atom stereocenters. The van der Waals surface area contributed by atoms with Crippen molar-refractivity contribution in [2.45, 2.75) is 17.7 Å². The average molecular weight is 207 g/mol. The van der Waals surface area contributed by atoms with E-state index in [0.717, 1.165) is 0 Å². The van der Waals surface area contributed by atoms with Crippen LogP contribution in [0.2, 0.25) is 0 Å². The monoisotopic (exact) mass is 206 g/mol. The van der Waals surface area contributed by atoms with Crippen LogP contribution in [0.4, 0.5) is 0 Å². The zero-order valence-corrected chi connectivity index (χ0v) is 8.26. The number of carbonyl (C=O) groups excluding carboxylic acids is 2. The molecule has 13 heavy (non-hydrogen) atoms. The molecule has 0 saturated heterocycles. The van der Waals surface area contributed by atoms with Crippen LogP contribution in [-0.4, -0.2) is 31.0 Å². The molecule has 1 saturated carbocycles. The number of halogens is 1. The van der Waals surface area contributed by atoms with Gasteiger partial charge in [0.15, 0.2) is 0 Å². The maximum absolute atomic E-state index is 11.1. The molecule has 0 bridgehead atoms. The smallest absolute Gasteiger partial charge is 0.326 e. The summed E-state index contributed by atoms with van der Waals surface area (Å²) in [6.45, 7) is 0. The van der Waals surface area contributed by atoms with Gasteiger partial charge in [-0.1, -0.05) is 0 Å². The summed E-state index contributed by atoms with van der Waals surface area (Å²) in [6, 6.07) is 0. The number of rotatable bonds is 2. The first kappa shape index (κ1) is 10.3. The number of hydrogen-bond acceptors (Lipinski definition) is 4. The molecule has 0 spiro atoms. The van der Waals surface area contributed by atoms with Gasteiger partial charge in [-0.05, 0) is 12.8 Å². The third kappa shape index (κ3) is 1.77. The van der Waals surface area contributed by atoms with Crippen molar-refractivity contribution in [2.75, 3.05) is 14.2 Å². The van der Waals surface area contributed by atoms with E-state index in [1.54, 1.807) is 0 Å². The fourth-order valence-electron chi connectivity index (χ4n) is 1.40. The number of carbonyl (C=O) groups is 2. The fourth-order valence-corrected chi connectivity index (χ4v) is 1.85. The number of alkyl halides is 1. The largest absolute Gasteiger partial charge is 0.469 e. The highest BCUT2D eigenvalue weighted by molar-refractivity contribution is 6.35. The topological polar surface area (TPSA) is 52.6 Å². The second-order valence-electron chi connectivity index (χ2n) is 3.09. The molecule has 1 aliphatic rings. The molecule has 0 aromatic carbocycles. The molecule has 0 amide bonds. The molecule has 1 aliphatic carbocycles. The van der Waals surface area contributed by atoms with Gasteiger partial charge in [-0.3, -0.25) is 9.59 Å². The Kier molecular flexibility index (Phi) is 2.81. The Balaban J connectivity index is 2.47. The minimum absolute atomic E-state index is 0.262. The van der Waals surface area contributed by atoms with E-state index in [0.29, 0.717) is 12.8 Å². The van der Waals surface area contributed by atoms with Gasteiger partial charge in [-0.2, -0.15) is 0 Å². The summed E-state index contributed by atoms with van der Waals surface area (Å²) in [6.07, 6.45) is 0.599. The SMILES string of the molecule is COC(=O)C1CC(Cl)(C(=O)OC)C1. The minimum Gasteiger partial charge on any atom is -0.469 e. The fraction of sp³-hybridized carbons (Fsp3) is 0.750. The summed E-state index contributed by atoms with van der Waals surface area (Å²) >= 11 is 5.87. The zero-order chi connectivity index (χ0) is 10.1. The number of ether oxygens (including phenoxy) is 2. The van der Waals surface area contributed by atoms with Crippen LogP contribution in [0.15, 0.2) is 0 Å². The van der Waals surface area contributed by atoms with Crippen LogP contribution in [0.1, 0.15) is 12.8 Å². The van der Waals surface area contributed by atoms with E-state index in [4.69, 9.17) is 11.6 Å². The summed E-state index contributed by atoms with van der Waals surface area (Å²) < 4.78 is 9.01. The van der Waals surface area contributed by atoms with Crippen molar-refractivity contribution in [1.82, 2.24) is 0 Å². The Morgan fingerprint density at radius 3 is 2.23 bits per heavy atom. The van der Waals surface area contributed by atoms with Gasteiger partial charge in [-0.15, -0.1) is 11.6 Å². The normalized spacial score (nSPS) is 31.8. The summed E-state index contributed by atoms with van der Waals surface area (Å²) in [5.74, 6) is -1.06. The Morgan fingerprint density at radius 2 is 1.85 bits per heavy atom. The maximum Gasteiger partial charge on any atom is 0.326 e. The first-order valence-electron chi connectivity index (χ1n) is 3.88. The van der Waals surface area contributed by atoms with Crippen molar-refractivity contribution >= 4 is 23.5 Å². The second kappa shape index (κ2) is 3.54. The molecule has 0 aliphatic heterocycles. The number of methoxy groups -OCH3 is 2. The highest BCUT2D eigenvalue weighted by atomic mass is 35.5. The minimum atomic E-state index is -1.01. The Hall–Kier alpha value is -0.770. The van der Waals surface area contributed by atoms with Crippen LogP contribution in [-0.2, 0) is 19.1 Å². The van der Waals surface area contributed by atoms with Gasteiger partial charge in [0.1, 0.15) is 4.87 Å². The lowest BCUT2D eigenvalue weighted by Crippen LogP contribution is -2.49. The van der Waals surface area contributed by atoms with Gasteiger partial charge in [-0.25, -0.2) is 0 Å². The van der Waals surface area contributed by atoms with Gasteiger partial charge < -0.3 is 9.47 Å². The van der Waals surface area contributed by atoms with E-state index in [1.165, 1.54) is 14.2 Å². The highest BCUT2D eigenvalue weighted by Crippen LogP contribution is 2.44. The van der Waals surface area contributed by atoms with E-state index in [-0.39, 0.29) is 11.9 Å². The van der Waals surface area contributed by atoms with E-state index in [9.17, 15) is 9.59 Å². The molecule has 0 heterocycles. The first-order valence-corrected chi connectivity index (χ1v) is 4.26. The Morgan fingerprint density at radius 1 is 1.31 bits per heavy atom. The van der Waals surface area contributed by atoms with Crippen molar-refractivity contribution in [2.24, 2.45) is 5.92 Å². The van der Waals surface area contributed by atoms with E-state index >= 15 is 0 Å². The molecule has 1 fully saturated rings. The molecule has 74 valence electrons.